The minimum absolute atomic E-state index is 0.132. The number of halogens is 2. The molecule has 0 saturated carbocycles. The number of aryl methyl sites for hydroxylation is 2. The maximum Gasteiger partial charge on any atom is 0.326 e. The number of hydrogen-bond acceptors (Lipinski definition) is 8. The molecule has 0 radical (unpaired) electrons. The quantitative estimate of drug-likeness (QED) is 0.125. The van der Waals surface area contributed by atoms with Gasteiger partial charge in [-0.05, 0) is 107 Å². The Hall–Kier alpha value is -5.88. The van der Waals surface area contributed by atoms with E-state index in [1.807, 2.05) is 109 Å². The van der Waals surface area contributed by atoms with Crippen molar-refractivity contribution in [3.8, 4) is 28.4 Å². The van der Waals surface area contributed by atoms with Crippen molar-refractivity contribution >= 4 is 35.1 Å². The Morgan fingerprint density at radius 3 is 2.41 bits per heavy atom. The number of aromatic nitrogens is 3. The second kappa shape index (κ2) is 17.1. The molecule has 2 N–H and O–H groups in total. The molecule has 6 aromatic rings. The molecule has 0 aliphatic carbocycles. The molecule has 11 nitrogen and oxygen atoms in total. The number of carbonyl (C=O) groups is 2. The molecule has 8 rings (SSSR count). The van der Waals surface area contributed by atoms with Gasteiger partial charge in [0.05, 0.1) is 22.6 Å². The van der Waals surface area contributed by atoms with Crippen LogP contribution in [0.1, 0.15) is 51.0 Å². The largest absolute Gasteiger partial charge is 0.489 e. The Bertz CT molecular complexity index is 2510. The van der Waals surface area contributed by atoms with Crippen molar-refractivity contribution in [1.29, 1.82) is 0 Å². The maximum atomic E-state index is 14.2. The Labute approximate surface area is 352 Å². The second-order valence-electron chi connectivity index (χ2n) is 15.0. The number of hydrogen-bond donors (Lipinski definition) is 2. The van der Waals surface area contributed by atoms with Crippen LogP contribution in [0, 0.1) is 13.8 Å². The average molecular weight is 833 g/mol. The molecular weight excluding hydrogens is 789 g/mol. The monoisotopic (exact) mass is 831 g/mol. The van der Waals surface area contributed by atoms with Crippen LogP contribution in [-0.2, 0) is 49.2 Å². The third kappa shape index (κ3) is 8.92. The smallest absolute Gasteiger partial charge is 0.326 e. The summed E-state index contributed by atoms with van der Waals surface area (Å²) in [6.07, 6.45) is 5.51. The van der Waals surface area contributed by atoms with Gasteiger partial charge in [0.15, 0.2) is 17.6 Å². The lowest BCUT2D eigenvalue weighted by molar-refractivity contribution is -0.143. The molecule has 13 heteroatoms. The van der Waals surface area contributed by atoms with Gasteiger partial charge >= 0.3 is 5.97 Å². The van der Waals surface area contributed by atoms with Crippen LogP contribution in [0.3, 0.4) is 0 Å². The molecule has 2 aromatic heterocycles. The standard InChI is InChI=1S/C46H43Cl2N5O6/c1-27-28(2)49-15-14-36(27)31-7-4-29(5-8-31)19-39(46(55)56)51-45(54)40-20-33-21-41-42(22-34(33)23-53(40)24-44-50-16-17-52(44)3)59-43(26-58-41)32-9-11-35(12-10-32)57-25-30-6-13-37(47)38(48)18-30/h4-18,21-22,39-40,43H,19-20,23-26H2,1-3H3,(H,51,54)(H,55,56)/t39-,40-,43+/m0/s1. The van der Waals surface area contributed by atoms with E-state index in [0.717, 1.165) is 56.0 Å². The summed E-state index contributed by atoms with van der Waals surface area (Å²) in [6.45, 7) is 5.45. The number of carbonyl (C=O) groups excluding carboxylic acids is 1. The van der Waals surface area contributed by atoms with E-state index in [2.05, 4.69) is 15.3 Å². The molecular formula is C46H43Cl2N5O6. The fraction of sp³-hybridized carbons (Fsp3) is 0.261. The lowest BCUT2D eigenvalue weighted by Crippen LogP contribution is -2.54. The number of benzene rings is 4. The molecule has 0 fully saturated rings. The first-order valence-electron chi connectivity index (χ1n) is 19.4. The van der Waals surface area contributed by atoms with Crippen molar-refractivity contribution in [2.24, 2.45) is 7.05 Å². The summed E-state index contributed by atoms with van der Waals surface area (Å²) in [6, 6.07) is 25.0. The minimum atomic E-state index is -1.13. The van der Waals surface area contributed by atoms with Crippen LogP contribution >= 0.6 is 23.2 Å². The molecule has 2 aliphatic heterocycles. The van der Waals surface area contributed by atoms with E-state index in [1.165, 1.54) is 0 Å². The first kappa shape index (κ1) is 39.9. The van der Waals surface area contributed by atoms with Crippen molar-refractivity contribution in [3.05, 3.63) is 158 Å². The number of carboxylic acid groups (broad SMARTS) is 1. The van der Waals surface area contributed by atoms with Crippen LogP contribution in [0.2, 0.25) is 10.0 Å². The summed E-state index contributed by atoms with van der Waals surface area (Å²) in [5.74, 6) is 1.23. The molecule has 59 heavy (non-hydrogen) atoms. The van der Waals surface area contributed by atoms with E-state index in [-0.39, 0.29) is 18.4 Å². The summed E-state index contributed by atoms with van der Waals surface area (Å²) >= 11 is 12.2. The zero-order valence-electron chi connectivity index (χ0n) is 32.8. The predicted molar refractivity (Wildman–Crippen MR) is 225 cm³/mol. The number of ether oxygens (including phenoxy) is 3. The molecule has 0 unspecified atom stereocenters. The van der Waals surface area contributed by atoms with Crippen LogP contribution in [0.25, 0.3) is 11.1 Å². The van der Waals surface area contributed by atoms with E-state index in [4.69, 9.17) is 37.4 Å². The number of aliphatic carboxylic acids is 1. The van der Waals surface area contributed by atoms with Gasteiger partial charge in [0.25, 0.3) is 0 Å². The summed E-state index contributed by atoms with van der Waals surface area (Å²) in [4.78, 5) is 37.7. The Balaban J connectivity index is 0.963. The summed E-state index contributed by atoms with van der Waals surface area (Å²) < 4.78 is 20.7. The SMILES string of the molecule is Cc1nccc(-c2ccc(C[C@H](NC(=O)[C@@H]3Cc4cc5c(cc4CN3Cc3nccn3C)O[C@@H](c3ccc(OCc4ccc(Cl)c(Cl)c4)cc3)CO5)C(=O)O)cc2)c1C. The van der Waals surface area contributed by atoms with Crippen molar-refractivity contribution < 1.29 is 28.9 Å². The fourth-order valence-corrected chi connectivity index (χ4v) is 7.90. The number of fused-ring (bicyclic) bond motifs is 2. The molecule has 2 aliphatic rings. The normalized spacial score (nSPS) is 16.6. The predicted octanol–water partition coefficient (Wildman–Crippen LogP) is 8.24. The molecule has 302 valence electrons. The Morgan fingerprint density at radius 1 is 0.915 bits per heavy atom. The van der Waals surface area contributed by atoms with E-state index < -0.39 is 18.1 Å². The minimum Gasteiger partial charge on any atom is -0.489 e. The van der Waals surface area contributed by atoms with Crippen molar-refractivity contribution in [2.45, 2.75) is 64.6 Å². The molecule has 1 amide bonds. The Kier molecular flexibility index (Phi) is 11.6. The fourth-order valence-electron chi connectivity index (χ4n) is 7.58. The van der Waals surface area contributed by atoms with Crippen LogP contribution < -0.4 is 19.5 Å². The van der Waals surface area contributed by atoms with Crippen LogP contribution in [0.4, 0.5) is 0 Å². The third-order valence-corrected chi connectivity index (χ3v) is 11.9. The highest BCUT2D eigenvalue weighted by Crippen LogP contribution is 2.41. The number of nitrogens with one attached hydrogen (secondary N) is 1. The zero-order valence-corrected chi connectivity index (χ0v) is 34.3. The van der Waals surface area contributed by atoms with Crippen LogP contribution in [-0.4, -0.2) is 55.1 Å². The highest BCUT2D eigenvalue weighted by Gasteiger charge is 2.36. The maximum absolute atomic E-state index is 14.2. The van der Waals surface area contributed by atoms with E-state index in [9.17, 15) is 14.7 Å². The first-order chi connectivity index (χ1) is 28.5. The summed E-state index contributed by atoms with van der Waals surface area (Å²) in [5.41, 5.74) is 8.72. The highest BCUT2D eigenvalue weighted by molar-refractivity contribution is 6.42. The zero-order chi connectivity index (χ0) is 41.2. The van der Waals surface area contributed by atoms with Gasteiger partial charge in [0.1, 0.15) is 30.8 Å². The molecule has 3 atom stereocenters. The number of nitrogens with zero attached hydrogens (tertiary/aromatic N) is 4. The lowest BCUT2D eigenvalue weighted by Gasteiger charge is -2.37. The van der Waals surface area contributed by atoms with Gasteiger partial charge < -0.3 is 29.2 Å². The molecule has 4 heterocycles. The van der Waals surface area contributed by atoms with Crippen molar-refractivity contribution in [1.82, 2.24) is 24.8 Å². The lowest BCUT2D eigenvalue weighted by atomic mass is 9.92. The third-order valence-electron chi connectivity index (χ3n) is 11.1. The van der Waals surface area contributed by atoms with Gasteiger partial charge in [-0.2, -0.15) is 0 Å². The number of pyridine rings is 1. The number of rotatable bonds is 12. The van der Waals surface area contributed by atoms with Crippen molar-refractivity contribution in [2.75, 3.05) is 6.61 Å². The van der Waals surface area contributed by atoms with Gasteiger partial charge in [0.2, 0.25) is 5.91 Å². The van der Waals surface area contributed by atoms with E-state index in [0.29, 0.717) is 60.0 Å². The Morgan fingerprint density at radius 2 is 1.68 bits per heavy atom. The molecule has 0 saturated heterocycles. The molecule has 0 spiro atoms. The topological polar surface area (TPSA) is 128 Å². The molecule has 0 bridgehead atoms. The van der Waals surface area contributed by atoms with Crippen LogP contribution in [0.15, 0.2) is 104 Å². The van der Waals surface area contributed by atoms with Crippen molar-refractivity contribution in [3.63, 3.8) is 0 Å². The number of carboxylic acids is 1. The highest BCUT2D eigenvalue weighted by atomic mass is 35.5. The van der Waals surface area contributed by atoms with Gasteiger partial charge in [-0.3, -0.25) is 14.7 Å². The average Bonchev–Trinajstić information content (AvgIpc) is 3.64. The molecule has 4 aromatic carbocycles. The number of imidazole rings is 1. The van der Waals surface area contributed by atoms with Gasteiger partial charge in [0, 0.05) is 44.3 Å². The van der Waals surface area contributed by atoms with Gasteiger partial charge in [-0.1, -0.05) is 65.7 Å². The van der Waals surface area contributed by atoms with E-state index >= 15 is 0 Å². The first-order valence-corrected chi connectivity index (χ1v) is 20.1. The van der Waals surface area contributed by atoms with Crippen LogP contribution in [0.5, 0.6) is 17.2 Å². The van der Waals surface area contributed by atoms with Gasteiger partial charge in [-0.15, -0.1) is 0 Å². The number of amides is 1. The summed E-state index contributed by atoms with van der Waals surface area (Å²) in [7, 11) is 1.91. The summed E-state index contributed by atoms with van der Waals surface area (Å²) in [5, 5.41) is 14.1. The van der Waals surface area contributed by atoms with E-state index in [1.54, 1.807) is 24.5 Å². The van der Waals surface area contributed by atoms with Gasteiger partial charge in [-0.25, -0.2) is 9.78 Å². The second-order valence-corrected chi connectivity index (χ2v) is 15.9.